The molecule has 78 valence electrons. The average molecular weight is 205 g/mol. The molecule has 0 saturated heterocycles. The van der Waals surface area contributed by atoms with E-state index >= 15 is 0 Å². The van der Waals surface area contributed by atoms with Crippen LogP contribution in [0.1, 0.15) is 12.0 Å². The van der Waals surface area contributed by atoms with Gasteiger partial charge in [-0.2, -0.15) is 0 Å². The Kier molecular flexibility index (Phi) is 2.73. The monoisotopic (exact) mass is 205 g/mol. The lowest BCUT2D eigenvalue weighted by molar-refractivity contribution is -0.389. The molecule has 2 rings (SSSR count). The van der Waals surface area contributed by atoms with Crippen molar-refractivity contribution in [3.05, 3.63) is 40.1 Å². The Hall–Kier alpha value is -1.75. The molecule has 1 aliphatic heterocycles. The maximum absolute atomic E-state index is 10.4. The van der Waals surface area contributed by atoms with Crippen LogP contribution in [-0.4, -0.2) is 23.0 Å². The van der Waals surface area contributed by atoms with Crippen LogP contribution in [-0.2, 0) is 0 Å². The molecule has 1 aromatic rings. The Balaban J connectivity index is 2.23. The van der Waals surface area contributed by atoms with Crippen LogP contribution >= 0.6 is 0 Å². The molecule has 5 heteroatoms. The van der Waals surface area contributed by atoms with Crippen molar-refractivity contribution in [2.24, 2.45) is 0 Å². The zero-order valence-corrected chi connectivity index (χ0v) is 8.14. The van der Waals surface area contributed by atoms with E-state index in [2.05, 4.69) is 16.4 Å². The average Bonchev–Trinajstić information content (AvgIpc) is 2.30. The van der Waals surface area contributed by atoms with E-state index in [9.17, 15) is 10.1 Å². The standard InChI is InChI=1S/C10H11N3O2/c14-13(15)10-2-1-9(7-12-10)8-3-5-11-6-4-8/h1-3,7,11H,4-6H2. The van der Waals surface area contributed by atoms with Crippen LogP contribution in [0.5, 0.6) is 0 Å². The van der Waals surface area contributed by atoms with Gasteiger partial charge in [-0.15, -0.1) is 0 Å². The smallest absolute Gasteiger partial charge is 0.358 e. The number of aromatic nitrogens is 1. The SMILES string of the molecule is O=[N+]([O-])c1ccc(C2=CCNCC2)cn1. The summed E-state index contributed by atoms with van der Waals surface area (Å²) in [5, 5.41) is 13.6. The number of nitrogens with zero attached hydrogens (tertiary/aromatic N) is 2. The van der Waals surface area contributed by atoms with Crippen molar-refractivity contribution >= 4 is 11.4 Å². The van der Waals surface area contributed by atoms with Gasteiger partial charge in [-0.1, -0.05) is 6.08 Å². The fraction of sp³-hybridized carbons (Fsp3) is 0.300. The maximum atomic E-state index is 10.4. The van der Waals surface area contributed by atoms with Crippen molar-refractivity contribution in [1.82, 2.24) is 10.3 Å². The van der Waals surface area contributed by atoms with Crippen LogP contribution in [0.25, 0.3) is 5.57 Å². The van der Waals surface area contributed by atoms with E-state index in [1.165, 1.54) is 11.6 Å². The highest BCUT2D eigenvalue weighted by molar-refractivity contribution is 5.66. The van der Waals surface area contributed by atoms with Gasteiger partial charge in [0, 0.05) is 18.2 Å². The minimum absolute atomic E-state index is 0.103. The molecule has 0 spiro atoms. The molecule has 0 fully saturated rings. The topological polar surface area (TPSA) is 68.1 Å². The number of nitro groups is 1. The third kappa shape index (κ3) is 2.19. The number of nitrogens with one attached hydrogen (secondary N) is 1. The Bertz CT molecular complexity index is 398. The quantitative estimate of drug-likeness (QED) is 0.584. The minimum atomic E-state index is -0.486. The van der Waals surface area contributed by atoms with E-state index in [0.29, 0.717) is 0 Å². The van der Waals surface area contributed by atoms with E-state index in [4.69, 9.17) is 0 Å². The lowest BCUT2D eigenvalue weighted by Crippen LogP contribution is -2.20. The summed E-state index contributed by atoms with van der Waals surface area (Å²) >= 11 is 0. The maximum Gasteiger partial charge on any atom is 0.363 e. The van der Waals surface area contributed by atoms with Gasteiger partial charge >= 0.3 is 5.82 Å². The van der Waals surface area contributed by atoms with E-state index in [-0.39, 0.29) is 5.82 Å². The summed E-state index contributed by atoms with van der Waals surface area (Å²) in [7, 11) is 0. The Morgan fingerprint density at radius 1 is 1.47 bits per heavy atom. The molecule has 0 amide bonds. The van der Waals surface area contributed by atoms with Crippen LogP contribution < -0.4 is 5.32 Å². The van der Waals surface area contributed by atoms with Crippen LogP contribution in [0, 0.1) is 10.1 Å². The molecule has 1 aliphatic rings. The molecule has 0 unspecified atom stereocenters. The second kappa shape index (κ2) is 4.18. The molecular formula is C10H11N3O2. The predicted octanol–water partition coefficient (Wildman–Crippen LogP) is 1.37. The Labute approximate surface area is 87.0 Å². The fourth-order valence-corrected chi connectivity index (χ4v) is 1.57. The van der Waals surface area contributed by atoms with Gasteiger partial charge in [0.2, 0.25) is 0 Å². The Morgan fingerprint density at radius 3 is 2.87 bits per heavy atom. The van der Waals surface area contributed by atoms with Crippen LogP contribution in [0.2, 0.25) is 0 Å². The summed E-state index contributed by atoms with van der Waals surface area (Å²) in [4.78, 5) is 13.7. The normalized spacial score (nSPS) is 15.9. The van der Waals surface area contributed by atoms with Gasteiger partial charge < -0.3 is 15.4 Å². The van der Waals surface area contributed by atoms with Gasteiger partial charge in [0.15, 0.2) is 0 Å². The predicted molar refractivity (Wildman–Crippen MR) is 56.4 cm³/mol. The molecule has 0 aliphatic carbocycles. The molecule has 1 aromatic heterocycles. The van der Waals surface area contributed by atoms with E-state index < -0.39 is 4.92 Å². The van der Waals surface area contributed by atoms with Crippen molar-refractivity contribution in [3.8, 4) is 0 Å². The summed E-state index contributed by atoms with van der Waals surface area (Å²) in [6.07, 6.45) is 4.60. The van der Waals surface area contributed by atoms with Gasteiger partial charge in [-0.25, -0.2) is 0 Å². The van der Waals surface area contributed by atoms with Gasteiger partial charge in [-0.3, -0.25) is 0 Å². The summed E-state index contributed by atoms with van der Waals surface area (Å²) in [5.41, 5.74) is 2.18. The molecule has 2 heterocycles. The fourth-order valence-electron chi connectivity index (χ4n) is 1.57. The van der Waals surface area contributed by atoms with Gasteiger partial charge in [0.1, 0.15) is 6.20 Å². The summed E-state index contributed by atoms with van der Waals surface area (Å²) in [5.74, 6) is -0.103. The third-order valence-corrected chi connectivity index (χ3v) is 2.37. The number of pyridine rings is 1. The molecule has 0 radical (unpaired) electrons. The zero-order chi connectivity index (χ0) is 10.7. The molecule has 0 atom stereocenters. The minimum Gasteiger partial charge on any atom is -0.358 e. The zero-order valence-electron chi connectivity index (χ0n) is 8.14. The molecule has 5 nitrogen and oxygen atoms in total. The number of hydrogen-bond acceptors (Lipinski definition) is 4. The lowest BCUT2D eigenvalue weighted by atomic mass is 10.0. The van der Waals surface area contributed by atoms with Crippen LogP contribution in [0.15, 0.2) is 24.4 Å². The molecule has 15 heavy (non-hydrogen) atoms. The summed E-state index contributed by atoms with van der Waals surface area (Å²) in [6.45, 7) is 1.80. The van der Waals surface area contributed by atoms with Crippen molar-refractivity contribution in [2.45, 2.75) is 6.42 Å². The number of rotatable bonds is 2. The van der Waals surface area contributed by atoms with Crippen molar-refractivity contribution < 1.29 is 4.92 Å². The Morgan fingerprint density at radius 2 is 2.33 bits per heavy atom. The van der Waals surface area contributed by atoms with Crippen LogP contribution in [0.4, 0.5) is 5.82 Å². The molecular weight excluding hydrogens is 194 g/mol. The van der Waals surface area contributed by atoms with Gasteiger partial charge in [0.25, 0.3) is 0 Å². The molecule has 0 saturated carbocycles. The molecule has 0 aromatic carbocycles. The molecule has 0 bridgehead atoms. The van der Waals surface area contributed by atoms with Gasteiger partial charge in [0.05, 0.1) is 0 Å². The second-order valence-electron chi connectivity index (χ2n) is 3.35. The van der Waals surface area contributed by atoms with Crippen LogP contribution in [0.3, 0.4) is 0 Å². The first-order chi connectivity index (χ1) is 7.27. The highest BCUT2D eigenvalue weighted by Gasteiger charge is 2.10. The lowest BCUT2D eigenvalue weighted by Gasteiger charge is -2.12. The highest BCUT2D eigenvalue weighted by Crippen LogP contribution is 2.20. The third-order valence-electron chi connectivity index (χ3n) is 2.37. The number of hydrogen-bond donors (Lipinski definition) is 1. The first-order valence-electron chi connectivity index (χ1n) is 4.78. The largest absolute Gasteiger partial charge is 0.363 e. The summed E-state index contributed by atoms with van der Waals surface area (Å²) < 4.78 is 0. The van der Waals surface area contributed by atoms with E-state index in [1.54, 1.807) is 12.3 Å². The van der Waals surface area contributed by atoms with Crippen molar-refractivity contribution in [2.75, 3.05) is 13.1 Å². The highest BCUT2D eigenvalue weighted by atomic mass is 16.6. The summed E-state index contributed by atoms with van der Waals surface area (Å²) in [6, 6.07) is 3.19. The van der Waals surface area contributed by atoms with E-state index in [1.807, 2.05) is 0 Å². The van der Waals surface area contributed by atoms with Crippen molar-refractivity contribution in [3.63, 3.8) is 0 Å². The van der Waals surface area contributed by atoms with Gasteiger partial charge in [-0.05, 0) is 34.5 Å². The second-order valence-corrected chi connectivity index (χ2v) is 3.35. The van der Waals surface area contributed by atoms with E-state index in [0.717, 1.165) is 25.1 Å². The molecule has 1 N–H and O–H groups in total. The van der Waals surface area contributed by atoms with Crippen molar-refractivity contribution in [1.29, 1.82) is 0 Å². The first kappa shape index (κ1) is 9.79. The first-order valence-corrected chi connectivity index (χ1v) is 4.78.